The third-order valence-corrected chi connectivity index (χ3v) is 4.39. The average molecular weight is 396 g/mol. The first-order valence-corrected chi connectivity index (χ1v) is 8.87. The van der Waals surface area contributed by atoms with Gasteiger partial charge in [-0.05, 0) is 48.9 Å². The number of hydrogen-bond donors (Lipinski definition) is 3. The van der Waals surface area contributed by atoms with E-state index in [1.807, 2.05) is 0 Å². The van der Waals surface area contributed by atoms with Crippen LogP contribution < -0.4 is 16.4 Å². The second-order valence-corrected chi connectivity index (χ2v) is 6.39. The summed E-state index contributed by atoms with van der Waals surface area (Å²) >= 11 is 0. The first-order chi connectivity index (χ1) is 13.9. The molecule has 0 aliphatic carbocycles. The Morgan fingerprint density at radius 3 is 2.24 bits per heavy atom. The van der Waals surface area contributed by atoms with E-state index in [1.54, 1.807) is 25.3 Å². The van der Waals surface area contributed by atoms with Crippen LogP contribution in [0.5, 0.6) is 0 Å². The number of benzene rings is 2. The molecular weight excluding hydrogens is 376 g/mol. The first-order valence-electron chi connectivity index (χ1n) is 8.87. The number of methoxy groups -OCH3 is 1. The van der Waals surface area contributed by atoms with Gasteiger partial charge in [-0.1, -0.05) is 0 Å². The molecule has 2 aromatic carbocycles. The maximum absolute atomic E-state index is 12.5. The lowest BCUT2D eigenvalue weighted by Gasteiger charge is -2.12. The van der Waals surface area contributed by atoms with Gasteiger partial charge in [-0.15, -0.1) is 0 Å². The highest BCUT2D eigenvalue weighted by Crippen LogP contribution is 2.26. The van der Waals surface area contributed by atoms with Crippen molar-refractivity contribution in [2.24, 2.45) is 5.73 Å². The molecule has 2 aromatic rings. The van der Waals surface area contributed by atoms with E-state index in [2.05, 4.69) is 10.6 Å². The molecule has 0 saturated heterocycles. The van der Waals surface area contributed by atoms with Gasteiger partial charge in [0, 0.05) is 37.2 Å². The van der Waals surface area contributed by atoms with Crippen molar-refractivity contribution in [2.75, 3.05) is 30.9 Å². The molecule has 0 radical (unpaired) electrons. The second kappa shape index (κ2) is 8.53. The van der Waals surface area contributed by atoms with Crippen LogP contribution in [0.1, 0.15) is 37.5 Å². The van der Waals surface area contributed by atoms with E-state index >= 15 is 0 Å². The lowest BCUT2D eigenvalue weighted by Crippen LogP contribution is -2.31. The number of ether oxygens (including phenoxy) is 1. The van der Waals surface area contributed by atoms with Crippen molar-refractivity contribution in [1.29, 1.82) is 0 Å². The number of anilines is 2. The lowest BCUT2D eigenvalue weighted by molar-refractivity contribution is 0.0638. The van der Waals surface area contributed by atoms with Crippen LogP contribution in [0.15, 0.2) is 42.5 Å². The Morgan fingerprint density at radius 2 is 1.59 bits per heavy atom. The van der Waals surface area contributed by atoms with Crippen LogP contribution in [0.4, 0.5) is 16.2 Å². The number of hydrogen-bond acceptors (Lipinski definition) is 5. The van der Waals surface area contributed by atoms with Gasteiger partial charge in [-0.3, -0.25) is 19.3 Å². The Bertz CT molecular complexity index is 971. The summed E-state index contributed by atoms with van der Waals surface area (Å²) in [6, 6.07) is 10.1. The molecule has 1 aliphatic heterocycles. The Kier molecular flexibility index (Phi) is 5.89. The minimum Gasteiger partial charge on any atom is -0.385 e. The van der Waals surface area contributed by atoms with E-state index in [9.17, 15) is 19.2 Å². The van der Waals surface area contributed by atoms with Crippen molar-refractivity contribution >= 4 is 35.1 Å². The van der Waals surface area contributed by atoms with E-state index < -0.39 is 17.8 Å². The van der Waals surface area contributed by atoms with Gasteiger partial charge in [0.25, 0.3) is 11.8 Å². The summed E-state index contributed by atoms with van der Waals surface area (Å²) < 4.78 is 4.95. The minimum atomic E-state index is -0.561. The van der Waals surface area contributed by atoms with Gasteiger partial charge in [0.2, 0.25) is 5.91 Å². The van der Waals surface area contributed by atoms with Crippen LogP contribution >= 0.6 is 0 Å². The van der Waals surface area contributed by atoms with Crippen LogP contribution in [-0.2, 0) is 4.74 Å². The van der Waals surface area contributed by atoms with Crippen molar-refractivity contribution in [1.82, 2.24) is 4.90 Å². The number of primary amides is 1. The molecule has 0 bridgehead atoms. The van der Waals surface area contributed by atoms with Crippen molar-refractivity contribution in [3.8, 4) is 0 Å². The molecular formula is C20H20N4O5. The molecule has 0 fully saturated rings. The molecule has 150 valence electrons. The zero-order valence-corrected chi connectivity index (χ0v) is 15.7. The van der Waals surface area contributed by atoms with Crippen molar-refractivity contribution in [2.45, 2.75) is 6.42 Å². The number of amides is 5. The SMILES string of the molecule is COCCCN1C(=O)c2ccc(NC(=O)Nc3ccc(C(N)=O)cc3)cc2C1=O. The predicted molar refractivity (Wildman–Crippen MR) is 106 cm³/mol. The van der Waals surface area contributed by atoms with Crippen LogP contribution in [0, 0.1) is 0 Å². The molecule has 0 aromatic heterocycles. The number of rotatable bonds is 7. The summed E-state index contributed by atoms with van der Waals surface area (Å²) in [5.74, 6) is -1.31. The van der Waals surface area contributed by atoms with Gasteiger partial charge >= 0.3 is 6.03 Å². The van der Waals surface area contributed by atoms with E-state index in [-0.39, 0.29) is 18.0 Å². The Labute approximate surface area is 166 Å². The lowest BCUT2D eigenvalue weighted by atomic mass is 10.1. The van der Waals surface area contributed by atoms with E-state index in [0.29, 0.717) is 35.5 Å². The number of urea groups is 1. The molecule has 1 aliphatic rings. The van der Waals surface area contributed by atoms with Gasteiger partial charge in [0.05, 0.1) is 11.1 Å². The van der Waals surface area contributed by atoms with Crippen molar-refractivity contribution < 1.29 is 23.9 Å². The van der Waals surface area contributed by atoms with E-state index in [1.165, 1.54) is 29.2 Å². The van der Waals surface area contributed by atoms with Crippen molar-refractivity contribution in [3.63, 3.8) is 0 Å². The molecule has 3 rings (SSSR count). The van der Waals surface area contributed by atoms with Gasteiger partial charge in [-0.2, -0.15) is 0 Å². The number of nitrogens with zero attached hydrogens (tertiary/aromatic N) is 1. The molecule has 4 N–H and O–H groups in total. The molecule has 5 amide bonds. The third-order valence-electron chi connectivity index (χ3n) is 4.39. The molecule has 29 heavy (non-hydrogen) atoms. The monoisotopic (exact) mass is 396 g/mol. The highest BCUT2D eigenvalue weighted by atomic mass is 16.5. The van der Waals surface area contributed by atoms with E-state index in [4.69, 9.17) is 10.5 Å². The van der Waals surface area contributed by atoms with Gasteiger partial charge in [0.1, 0.15) is 0 Å². The fourth-order valence-corrected chi connectivity index (χ4v) is 2.95. The van der Waals surface area contributed by atoms with Gasteiger partial charge in [0.15, 0.2) is 0 Å². The summed E-state index contributed by atoms with van der Waals surface area (Å²) in [7, 11) is 1.55. The fraction of sp³-hybridized carbons (Fsp3) is 0.200. The Balaban J connectivity index is 1.66. The molecule has 0 spiro atoms. The zero-order valence-electron chi connectivity index (χ0n) is 15.7. The number of fused-ring (bicyclic) bond motifs is 1. The highest BCUT2D eigenvalue weighted by Gasteiger charge is 2.35. The minimum absolute atomic E-state index is 0.246. The van der Waals surface area contributed by atoms with Crippen molar-refractivity contribution in [3.05, 3.63) is 59.2 Å². The molecule has 1 heterocycles. The number of carbonyl (C=O) groups excluding carboxylic acids is 4. The van der Waals surface area contributed by atoms with Crippen LogP contribution in [-0.4, -0.2) is 48.9 Å². The maximum atomic E-state index is 12.5. The summed E-state index contributed by atoms with van der Waals surface area (Å²) in [6.07, 6.45) is 0.546. The number of nitrogens with one attached hydrogen (secondary N) is 2. The third kappa shape index (κ3) is 4.41. The Hall–Kier alpha value is -3.72. The average Bonchev–Trinajstić information content (AvgIpc) is 2.93. The fourth-order valence-electron chi connectivity index (χ4n) is 2.95. The molecule has 0 atom stereocenters. The molecule has 0 unspecified atom stereocenters. The Morgan fingerprint density at radius 1 is 0.966 bits per heavy atom. The molecule has 9 nitrogen and oxygen atoms in total. The summed E-state index contributed by atoms with van der Waals surface area (Å²) in [5.41, 5.74) is 6.89. The predicted octanol–water partition coefficient (Wildman–Crippen LogP) is 2.06. The standard InChI is InChI=1S/C20H20N4O5/c1-29-10-2-9-24-18(26)15-8-7-14(11-16(15)19(24)27)23-20(28)22-13-5-3-12(4-6-13)17(21)25/h3-8,11H,2,9-10H2,1H3,(H2,21,25)(H2,22,23,28). The number of carbonyl (C=O) groups is 4. The highest BCUT2D eigenvalue weighted by molar-refractivity contribution is 6.22. The van der Waals surface area contributed by atoms with Crippen LogP contribution in [0.3, 0.4) is 0 Å². The largest absolute Gasteiger partial charge is 0.385 e. The van der Waals surface area contributed by atoms with Crippen LogP contribution in [0.2, 0.25) is 0 Å². The summed E-state index contributed by atoms with van der Waals surface area (Å²) in [6.45, 7) is 0.714. The smallest absolute Gasteiger partial charge is 0.323 e. The quantitative estimate of drug-likeness (QED) is 0.487. The zero-order chi connectivity index (χ0) is 21.0. The van der Waals surface area contributed by atoms with Gasteiger partial charge in [-0.25, -0.2) is 4.79 Å². The number of nitrogens with two attached hydrogens (primary N) is 1. The van der Waals surface area contributed by atoms with E-state index in [0.717, 1.165) is 0 Å². The van der Waals surface area contributed by atoms with Crippen LogP contribution in [0.25, 0.3) is 0 Å². The summed E-state index contributed by atoms with van der Waals surface area (Å²) in [4.78, 5) is 49.3. The molecule has 9 heteroatoms. The summed E-state index contributed by atoms with van der Waals surface area (Å²) in [5, 5.41) is 5.23. The first kappa shape index (κ1) is 20.0. The molecule has 0 saturated carbocycles. The number of imide groups is 1. The normalized spacial score (nSPS) is 12.7. The van der Waals surface area contributed by atoms with Gasteiger partial charge < -0.3 is 21.1 Å². The maximum Gasteiger partial charge on any atom is 0.323 e. The second-order valence-electron chi connectivity index (χ2n) is 6.39. The topological polar surface area (TPSA) is 131 Å².